The number of hydrogen-bond donors (Lipinski definition) is 2. The van der Waals surface area contributed by atoms with E-state index in [0.29, 0.717) is 23.8 Å². The van der Waals surface area contributed by atoms with Gasteiger partial charge in [-0.3, -0.25) is 9.36 Å². The van der Waals surface area contributed by atoms with Crippen LogP contribution in [0.15, 0.2) is 53.3 Å². The third-order valence-corrected chi connectivity index (χ3v) is 9.05. The van der Waals surface area contributed by atoms with Crippen LogP contribution in [0.4, 0.5) is 0 Å². The number of tetrazole rings is 1. The quantitative estimate of drug-likeness (QED) is 0.209. The second-order valence-corrected chi connectivity index (χ2v) is 12.8. The molecule has 0 saturated heterocycles. The summed E-state index contributed by atoms with van der Waals surface area (Å²) in [7, 11) is 0. The fourth-order valence-corrected chi connectivity index (χ4v) is 6.34. The third kappa shape index (κ3) is 7.28. The van der Waals surface area contributed by atoms with Gasteiger partial charge in [0.2, 0.25) is 5.78 Å². The van der Waals surface area contributed by atoms with Crippen molar-refractivity contribution in [1.29, 1.82) is 0 Å². The molecule has 1 aliphatic rings. The summed E-state index contributed by atoms with van der Waals surface area (Å²) in [4.78, 5) is 19.2. The van der Waals surface area contributed by atoms with Crippen molar-refractivity contribution in [1.82, 2.24) is 39.8 Å². The number of H-pyrrole nitrogens is 1. The average molecular weight is 651 g/mol. The molecule has 0 aliphatic heterocycles. The summed E-state index contributed by atoms with van der Waals surface area (Å²) in [6, 6.07) is 16.4. The van der Waals surface area contributed by atoms with Gasteiger partial charge in [-0.25, -0.2) is 9.61 Å². The van der Waals surface area contributed by atoms with E-state index in [-0.39, 0.29) is 75.2 Å². The zero-order valence-electron chi connectivity index (χ0n) is 26.7. The summed E-state index contributed by atoms with van der Waals surface area (Å²) >= 11 is 0. The van der Waals surface area contributed by atoms with Crippen molar-refractivity contribution in [2.24, 2.45) is 0 Å². The van der Waals surface area contributed by atoms with Gasteiger partial charge in [-0.05, 0) is 86.9 Å². The van der Waals surface area contributed by atoms with Gasteiger partial charge in [-0.1, -0.05) is 61.9 Å². The van der Waals surface area contributed by atoms with Crippen molar-refractivity contribution in [2.75, 3.05) is 0 Å². The fourth-order valence-electron chi connectivity index (χ4n) is 6.34. The summed E-state index contributed by atoms with van der Waals surface area (Å²) < 4.78 is 10.00. The van der Waals surface area contributed by atoms with Gasteiger partial charge in [0.1, 0.15) is 5.82 Å². The van der Waals surface area contributed by atoms with E-state index >= 15 is 0 Å². The molecule has 2 aromatic carbocycles. The molecule has 0 bridgehead atoms. The molecular formula is C34H43KN8O3. The van der Waals surface area contributed by atoms with Crippen molar-refractivity contribution < 1.29 is 9.84 Å². The summed E-state index contributed by atoms with van der Waals surface area (Å²) in [5.41, 5.74) is 4.84. The summed E-state index contributed by atoms with van der Waals surface area (Å²) in [6.45, 7) is 9.46. The number of aromatic amines is 1. The Kier molecular flexibility index (Phi) is 11.1. The van der Waals surface area contributed by atoms with Crippen molar-refractivity contribution in [3.63, 3.8) is 0 Å². The molecule has 3 aromatic heterocycles. The van der Waals surface area contributed by atoms with E-state index in [0.717, 1.165) is 72.0 Å². The number of nitrogens with one attached hydrogen (secondary N) is 1. The van der Waals surface area contributed by atoms with Gasteiger partial charge in [-0.15, -0.1) is 5.10 Å². The Morgan fingerprint density at radius 1 is 1.07 bits per heavy atom. The Morgan fingerprint density at radius 3 is 2.39 bits per heavy atom. The molecule has 0 amide bonds. The minimum atomic E-state index is -0.904. The number of fused-ring (bicyclic) bond motifs is 1. The first-order valence-electron chi connectivity index (χ1n) is 15.9. The van der Waals surface area contributed by atoms with Crippen LogP contribution in [0.5, 0.6) is 0 Å². The van der Waals surface area contributed by atoms with E-state index in [1.165, 1.54) is 0 Å². The summed E-state index contributed by atoms with van der Waals surface area (Å²) in [5.74, 6) is 1.88. The molecule has 11 nitrogen and oxygen atoms in total. The Morgan fingerprint density at radius 2 is 1.76 bits per heavy atom. The molecular weight excluding hydrogens is 608 g/mol. The summed E-state index contributed by atoms with van der Waals surface area (Å²) in [6.07, 6.45) is 5.13. The number of rotatable bonds is 10. The van der Waals surface area contributed by atoms with Crippen LogP contribution in [0, 0.1) is 6.92 Å². The monoisotopic (exact) mass is 650 g/mol. The SMILES string of the molecule is CCCc1c(Cc2ccc(-c3ccccc3-c3nnn[nH]3)cc2)c(=O)n([C@H]2CC[C@H](OC(C)C(C)(C)O)CC2)c2nc(C)nn12.[KH]. The second kappa shape index (κ2) is 14.7. The predicted octanol–water partition coefficient (Wildman–Crippen LogP) is 4.60. The van der Waals surface area contributed by atoms with Crippen molar-refractivity contribution >= 4 is 57.2 Å². The van der Waals surface area contributed by atoms with Crippen molar-refractivity contribution in [2.45, 2.75) is 103 Å². The Labute approximate surface area is 311 Å². The zero-order chi connectivity index (χ0) is 31.7. The first kappa shape index (κ1) is 34.7. The van der Waals surface area contributed by atoms with E-state index < -0.39 is 5.60 Å². The Bertz CT molecular complexity index is 1820. The van der Waals surface area contributed by atoms with Crippen LogP contribution in [-0.4, -0.2) is 114 Å². The average Bonchev–Trinajstić information content (AvgIpc) is 3.70. The minimum absolute atomic E-state index is 0. The van der Waals surface area contributed by atoms with Crippen LogP contribution in [0.1, 0.15) is 88.5 Å². The van der Waals surface area contributed by atoms with Crippen molar-refractivity contribution in [3.05, 3.63) is 81.5 Å². The molecule has 2 N–H and O–H groups in total. The van der Waals surface area contributed by atoms with Gasteiger partial charge in [0.05, 0.1) is 23.5 Å². The topological polar surface area (TPSA) is 136 Å². The fraction of sp³-hybridized carbons (Fsp3) is 0.471. The molecule has 0 spiro atoms. The molecule has 5 aromatic rings. The van der Waals surface area contributed by atoms with Gasteiger partial charge >= 0.3 is 51.4 Å². The van der Waals surface area contributed by atoms with Crippen LogP contribution in [0.2, 0.25) is 0 Å². The van der Waals surface area contributed by atoms with E-state index in [1.807, 2.05) is 41.1 Å². The van der Waals surface area contributed by atoms with E-state index in [9.17, 15) is 9.90 Å². The number of aliphatic hydroxyl groups is 1. The molecule has 0 radical (unpaired) electrons. The van der Waals surface area contributed by atoms with Gasteiger partial charge < -0.3 is 9.84 Å². The molecule has 12 heteroatoms. The van der Waals surface area contributed by atoms with Crippen LogP contribution >= 0.6 is 0 Å². The number of hydrogen-bond acceptors (Lipinski definition) is 8. The Hall–Kier alpha value is -2.58. The number of benzene rings is 2. The predicted molar refractivity (Wildman–Crippen MR) is 179 cm³/mol. The molecule has 46 heavy (non-hydrogen) atoms. The molecule has 1 fully saturated rings. The van der Waals surface area contributed by atoms with Crippen LogP contribution in [0.25, 0.3) is 28.3 Å². The summed E-state index contributed by atoms with van der Waals surface area (Å²) in [5, 5.41) is 29.6. The first-order chi connectivity index (χ1) is 21.6. The number of nitrogens with zero attached hydrogens (tertiary/aromatic N) is 7. The van der Waals surface area contributed by atoms with Crippen molar-refractivity contribution in [3.8, 4) is 22.5 Å². The molecule has 238 valence electrons. The van der Waals surface area contributed by atoms with Crippen LogP contribution in [0.3, 0.4) is 0 Å². The Balaban J connectivity index is 0.00000417. The molecule has 1 aliphatic carbocycles. The van der Waals surface area contributed by atoms with Gasteiger partial charge in [0, 0.05) is 23.6 Å². The molecule has 3 heterocycles. The van der Waals surface area contributed by atoms with Gasteiger partial charge in [0.25, 0.3) is 5.56 Å². The van der Waals surface area contributed by atoms with Gasteiger partial charge in [-0.2, -0.15) is 10.1 Å². The molecule has 1 unspecified atom stereocenters. The van der Waals surface area contributed by atoms with E-state index in [4.69, 9.17) is 14.8 Å². The molecule has 6 rings (SSSR count). The maximum atomic E-state index is 14.4. The van der Waals surface area contributed by atoms with Gasteiger partial charge in [0.15, 0.2) is 5.82 Å². The zero-order valence-corrected chi connectivity index (χ0v) is 26.7. The standard InChI is InChI=1S/C34H42N8O3.K.H/c1-6-9-30-29(20-23-12-14-24(15-13-23)27-10-7-8-11-28(27)31-36-39-40-37-31)32(43)41(33-35-22(3)38-42(30)33)25-16-18-26(19-17-25)45-21(2)34(4,5)44;;/h7-8,10-15,21,25-26,44H,6,9,16-20H2,1-5H3,(H,36,37,39,40);;/t21?,25-,26-;;. The first-order valence-corrected chi connectivity index (χ1v) is 15.9. The normalized spacial score (nSPS) is 17.6. The number of aryl methyl sites for hydroxylation is 2. The van der Waals surface area contributed by atoms with E-state index in [2.05, 4.69) is 57.9 Å². The van der Waals surface area contributed by atoms with Crippen LogP contribution < -0.4 is 5.56 Å². The second-order valence-electron chi connectivity index (χ2n) is 12.8. The third-order valence-electron chi connectivity index (χ3n) is 9.05. The van der Waals surface area contributed by atoms with Crippen LogP contribution in [-0.2, 0) is 17.6 Å². The molecule has 1 atom stereocenters. The maximum absolute atomic E-state index is 14.4. The molecule has 1 saturated carbocycles. The van der Waals surface area contributed by atoms with E-state index in [1.54, 1.807) is 13.8 Å². The number of aromatic nitrogens is 8. The number of ether oxygens (including phenoxy) is 1.